The minimum absolute atomic E-state index is 0.0906. The molecule has 0 radical (unpaired) electrons. The Morgan fingerprint density at radius 1 is 1.00 bits per heavy atom. The SMILES string of the molecule is COc1ccc(C(=O)N2CCCC(C(=O)Nc3ccc(C(N)=O)cc3)C2)c2ccccc12. The maximum absolute atomic E-state index is 13.4. The number of nitrogens with zero attached hydrogens (tertiary/aromatic N) is 1. The molecule has 3 N–H and O–H groups in total. The van der Waals surface area contributed by atoms with Crippen LogP contribution in [0.2, 0.25) is 0 Å². The van der Waals surface area contributed by atoms with Gasteiger partial charge >= 0.3 is 0 Å². The van der Waals surface area contributed by atoms with E-state index in [9.17, 15) is 14.4 Å². The van der Waals surface area contributed by atoms with E-state index in [1.807, 2.05) is 24.3 Å². The first-order valence-corrected chi connectivity index (χ1v) is 10.5. The first kappa shape index (κ1) is 21.4. The van der Waals surface area contributed by atoms with Crippen molar-refractivity contribution in [3.8, 4) is 5.75 Å². The van der Waals surface area contributed by atoms with Crippen LogP contribution in [0.25, 0.3) is 10.8 Å². The second-order valence-electron chi connectivity index (χ2n) is 7.88. The summed E-state index contributed by atoms with van der Waals surface area (Å²) < 4.78 is 5.43. The van der Waals surface area contributed by atoms with Crippen molar-refractivity contribution in [2.75, 3.05) is 25.5 Å². The van der Waals surface area contributed by atoms with Crippen LogP contribution in [-0.4, -0.2) is 42.8 Å². The molecule has 164 valence electrons. The molecule has 3 aromatic rings. The summed E-state index contributed by atoms with van der Waals surface area (Å²) in [6.45, 7) is 0.959. The smallest absolute Gasteiger partial charge is 0.254 e. The number of carbonyl (C=O) groups is 3. The molecule has 1 heterocycles. The van der Waals surface area contributed by atoms with E-state index in [0.29, 0.717) is 36.3 Å². The molecule has 1 aliphatic heterocycles. The minimum Gasteiger partial charge on any atom is -0.496 e. The van der Waals surface area contributed by atoms with Crippen LogP contribution in [0.1, 0.15) is 33.6 Å². The average Bonchev–Trinajstić information content (AvgIpc) is 2.83. The highest BCUT2D eigenvalue weighted by atomic mass is 16.5. The largest absolute Gasteiger partial charge is 0.496 e. The van der Waals surface area contributed by atoms with Crippen molar-refractivity contribution in [2.45, 2.75) is 12.8 Å². The number of fused-ring (bicyclic) bond motifs is 1. The predicted molar refractivity (Wildman–Crippen MR) is 123 cm³/mol. The standard InChI is InChI=1S/C25H25N3O4/c1-32-22-13-12-21(19-6-2-3-7-20(19)22)25(31)28-14-4-5-17(15-28)24(30)27-18-10-8-16(9-11-18)23(26)29/h2-3,6-13,17H,4-5,14-15H2,1H3,(H2,26,29)(H,27,30). The molecule has 3 aromatic carbocycles. The van der Waals surface area contributed by atoms with Crippen LogP contribution < -0.4 is 15.8 Å². The van der Waals surface area contributed by atoms with Crippen LogP contribution >= 0.6 is 0 Å². The first-order chi connectivity index (χ1) is 15.5. The third-order valence-corrected chi connectivity index (χ3v) is 5.85. The molecular weight excluding hydrogens is 406 g/mol. The lowest BCUT2D eigenvalue weighted by Gasteiger charge is -2.32. The molecule has 1 fully saturated rings. The molecule has 1 saturated heterocycles. The van der Waals surface area contributed by atoms with E-state index >= 15 is 0 Å². The number of primary amides is 1. The second kappa shape index (κ2) is 9.09. The Kier molecular flexibility index (Phi) is 6.07. The molecule has 0 saturated carbocycles. The van der Waals surface area contributed by atoms with Gasteiger partial charge in [0.15, 0.2) is 0 Å². The lowest BCUT2D eigenvalue weighted by Crippen LogP contribution is -2.43. The van der Waals surface area contributed by atoms with Gasteiger partial charge in [-0.3, -0.25) is 14.4 Å². The highest BCUT2D eigenvalue weighted by Gasteiger charge is 2.29. The monoisotopic (exact) mass is 431 g/mol. The maximum atomic E-state index is 13.4. The molecule has 7 nitrogen and oxygen atoms in total. The van der Waals surface area contributed by atoms with Gasteiger partial charge in [0, 0.05) is 35.3 Å². The number of nitrogens with two attached hydrogens (primary N) is 1. The number of anilines is 1. The van der Waals surface area contributed by atoms with Gasteiger partial charge in [0.05, 0.1) is 13.0 Å². The molecular formula is C25H25N3O4. The van der Waals surface area contributed by atoms with Crippen LogP contribution in [0, 0.1) is 5.92 Å². The third kappa shape index (κ3) is 4.27. The van der Waals surface area contributed by atoms with E-state index in [0.717, 1.165) is 22.9 Å². The Bertz CT molecular complexity index is 1170. The number of likely N-dealkylation sites (tertiary alicyclic amines) is 1. The van der Waals surface area contributed by atoms with E-state index in [1.54, 1.807) is 48.4 Å². The maximum Gasteiger partial charge on any atom is 0.254 e. The van der Waals surface area contributed by atoms with Gasteiger partial charge in [0.2, 0.25) is 11.8 Å². The van der Waals surface area contributed by atoms with Gasteiger partial charge in [-0.05, 0) is 54.6 Å². The Balaban J connectivity index is 1.49. The van der Waals surface area contributed by atoms with Crippen molar-refractivity contribution in [3.63, 3.8) is 0 Å². The van der Waals surface area contributed by atoms with Crippen molar-refractivity contribution >= 4 is 34.2 Å². The number of piperidine rings is 1. The minimum atomic E-state index is -0.518. The fraction of sp³-hybridized carbons (Fsp3) is 0.240. The average molecular weight is 431 g/mol. The molecule has 0 aromatic heterocycles. The van der Waals surface area contributed by atoms with Gasteiger partial charge in [-0.15, -0.1) is 0 Å². The fourth-order valence-corrected chi connectivity index (χ4v) is 4.14. The van der Waals surface area contributed by atoms with Crippen LogP contribution in [0.4, 0.5) is 5.69 Å². The van der Waals surface area contributed by atoms with Gasteiger partial charge in [-0.1, -0.05) is 24.3 Å². The van der Waals surface area contributed by atoms with Crippen LogP contribution in [0.5, 0.6) is 5.75 Å². The number of benzene rings is 3. The Morgan fingerprint density at radius 2 is 1.72 bits per heavy atom. The zero-order valence-corrected chi connectivity index (χ0v) is 17.8. The van der Waals surface area contributed by atoms with Gasteiger partial charge in [0.1, 0.15) is 5.75 Å². The molecule has 0 spiro atoms. The van der Waals surface area contributed by atoms with Crippen molar-refractivity contribution in [1.82, 2.24) is 4.90 Å². The van der Waals surface area contributed by atoms with Crippen molar-refractivity contribution in [3.05, 3.63) is 71.8 Å². The summed E-state index contributed by atoms with van der Waals surface area (Å²) in [6.07, 6.45) is 1.46. The molecule has 7 heteroatoms. The molecule has 0 aliphatic carbocycles. The zero-order chi connectivity index (χ0) is 22.7. The van der Waals surface area contributed by atoms with Gasteiger partial charge in [-0.2, -0.15) is 0 Å². The molecule has 0 bridgehead atoms. The normalized spacial score (nSPS) is 15.9. The van der Waals surface area contributed by atoms with Crippen molar-refractivity contribution in [1.29, 1.82) is 0 Å². The molecule has 3 amide bonds. The van der Waals surface area contributed by atoms with E-state index in [2.05, 4.69) is 5.32 Å². The summed E-state index contributed by atoms with van der Waals surface area (Å²) in [4.78, 5) is 39.1. The predicted octanol–water partition coefficient (Wildman–Crippen LogP) is 3.44. The van der Waals surface area contributed by atoms with Crippen LogP contribution in [0.15, 0.2) is 60.7 Å². The Morgan fingerprint density at radius 3 is 2.41 bits per heavy atom. The number of rotatable bonds is 5. The molecule has 4 rings (SSSR count). The lowest BCUT2D eigenvalue weighted by atomic mass is 9.95. The summed E-state index contributed by atoms with van der Waals surface area (Å²) in [5.41, 5.74) is 6.82. The lowest BCUT2D eigenvalue weighted by molar-refractivity contribution is -0.121. The first-order valence-electron chi connectivity index (χ1n) is 10.5. The van der Waals surface area contributed by atoms with Gasteiger partial charge in [0.25, 0.3) is 5.91 Å². The molecule has 1 unspecified atom stereocenters. The summed E-state index contributed by atoms with van der Waals surface area (Å²) in [5.74, 6) is -0.347. The van der Waals surface area contributed by atoms with E-state index in [1.165, 1.54) is 0 Å². The van der Waals surface area contributed by atoms with Crippen molar-refractivity contribution < 1.29 is 19.1 Å². The highest BCUT2D eigenvalue weighted by molar-refractivity contribution is 6.09. The van der Waals surface area contributed by atoms with E-state index in [-0.39, 0.29) is 17.7 Å². The Hall–Kier alpha value is -3.87. The summed E-state index contributed by atoms with van der Waals surface area (Å²) in [5, 5.41) is 4.59. The van der Waals surface area contributed by atoms with E-state index < -0.39 is 5.91 Å². The number of ether oxygens (including phenoxy) is 1. The van der Waals surface area contributed by atoms with E-state index in [4.69, 9.17) is 10.5 Å². The summed E-state index contributed by atoms with van der Waals surface area (Å²) in [6, 6.07) is 17.7. The molecule has 32 heavy (non-hydrogen) atoms. The highest BCUT2D eigenvalue weighted by Crippen LogP contribution is 2.30. The number of amides is 3. The third-order valence-electron chi connectivity index (χ3n) is 5.85. The molecule has 1 atom stereocenters. The zero-order valence-electron chi connectivity index (χ0n) is 17.8. The number of carbonyl (C=O) groups excluding carboxylic acids is 3. The summed E-state index contributed by atoms with van der Waals surface area (Å²) in [7, 11) is 1.61. The van der Waals surface area contributed by atoms with Crippen LogP contribution in [0.3, 0.4) is 0 Å². The van der Waals surface area contributed by atoms with Crippen molar-refractivity contribution in [2.24, 2.45) is 11.7 Å². The number of hydrogen-bond donors (Lipinski definition) is 2. The van der Waals surface area contributed by atoms with Gasteiger partial charge in [-0.25, -0.2) is 0 Å². The Labute approximate surface area is 186 Å². The second-order valence-corrected chi connectivity index (χ2v) is 7.88. The topological polar surface area (TPSA) is 102 Å². The quantitative estimate of drug-likeness (QED) is 0.646. The number of hydrogen-bond acceptors (Lipinski definition) is 4. The number of nitrogens with one attached hydrogen (secondary N) is 1. The van der Waals surface area contributed by atoms with Gasteiger partial charge < -0.3 is 20.7 Å². The van der Waals surface area contributed by atoms with Crippen LogP contribution in [-0.2, 0) is 4.79 Å². The fourth-order valence-electron chi connectivity index (χ4n) is 4.14. The molecule has 1 aliphatic rings. The summed E-state index contributed by atoms with van der Waals surface area (Å²) >= 11 is 0. The number of methoxy groups -OCH3 is 1.